The van der Waals surface area contributed by atoms with Gasteiger partial charge in [0, 0.05) is 36.1 Å². The van der Waals surface area contributed by atoms with Gasteiger partial charge in [0.15, 0.2) is 0 Å². The summed E-state index contributed by atoms with van der Waals surface area (Å²) in [6.45, 7) is 3.27. The van der Waals surface area contributed by atoms with E-state index in [4.69, 9.17) is 11.6 Å². The minimum atomic E-state index is 0.774. The average molecular weight is 319 g/mol. The quantitative estimate of drug-likeness (QED) is 0.762. The molecule has 1 aliphatic rings. The second kappa shape index (κ2) is 7.30. The topological polar surface area (TPSA) is 16.1 Å². The van der Waals surface area contributed by atoms with Crippen LogP contribution in [0, 0.1) is 5.92 Å². The SMILES string of the molecule is Clc1cnccc1CN1CCC(CSc2ccccc2)C1. The normalized spacial score (nSPS) is 19.0. The maximum atomic E-state index is 6.19. The van der Waals surface area contributed by atoms with Gasteiger partial charge in [-0.25, -0.2) is 0 Å². The number of aromatic nitrogens is 1. The Morgan fingerprint density at radius 2 is 2.10 bits per heavy atom. The number of halogens is 1. The first-order valence-corrected chi connectivity index (χ1v) is 8.66. The molecular formula is C17H19ClN2S. The van der Waals surface area contributed by atoms with E-state index >= 15 is 0 Å². The molecule has 0 radical (unpaired) electrons. The molecule has 2 nitrogen and oxygen atoms in total. The molecular weight excluding hydrogens is 300 g/mol. The second-order valence-corrected chi connectivity index (χ2v) is 6.98. The van der Waals surface area contributed by atoms with Crippen LogP contribution in [0.1, 0.15) is 12.0 Å². The molecule has 0 amide bonds. The first kappa shape index (κ1) is 14.9. The van der Waals surface area contributed by atoms with Crippen LogP contribution in [0.15, 0.2) is 53.7 Å². The highest BCUT2D eigenvalue weighted by molar-refractivity contribution is 7.99. The van der Waals surface area contributed by atoms with E-state index in [0.717, 1.165) is 17.5 Å². The van der Waals surface area contributed by atoms with Gasteiger partial charge in [-0.2, -0.15) is 0 Å². The Kier molecular flexibility index (Phi) is 5.17. The predicted molar refractivity (Wildman–Crippen MR) is 89.8 cm³/mol. The van der Waals surface area contributed by atoms with Crippen LogP contribution in [0.3, 0.4) is 0 Å². The summed E-state index contributed by atoms with van der Waals surface area (Å²) >= 11 is 8.15. The van der Waals surface area contributed by atoms with Crippen molar-refractivity contribution in [3.05, 3.63) is 59.4 Å². The summed E-state index contributed by atoms with van der Waals surface area (Å²) in [6, 6.07) is 12.7. The van der Waals surface area contributed by atoms with Gasteiger partial charge >= 0.3 is 0 Å². The maximum Gasteiger partial charge on any atom is 0.0634 e. The molecule has 110 valence electrons. The van der Waals surface area contributed by atoms with Gasteiger partial charge in [0.2, 0.25) is 0 Å². The van der Waals surface area contributed by atoms with E-state index in [1.165, 1.54) is 35.7 Å². The van der Waals surface area contributed by atoms with Crippen LogP contribution in [-0.4, -0.2) is 28.7 Å². The van der Waals surface area contributed by atoms with Gasteiger partial charge in [0.05, 0.1) is 5.02 Å². The van der Waals surface area contributed by atoms with E-state index in [1.54, 1.807) is 6.20 Å². The third-order valence-electron chi connectivity index (χ3n) is 3.85. The van der Waals surface area contributed by atoms with Crippen molar-refractivity contribution >= 4 is 23.4 Å². The number of hydrogen-bond donors (Lipinski definition) is 0. The average Bonchev–Trinajstić information content (AvgIpc) is 2.96. The number of nitrogens with zero attached hydrogens (tertiary/aromatic N) is 2. The molecule has 1 aliphatic heterocycles. The van der Waals surface area contributed by atoms with Crippen LogP contribution in [0.4, 0.5) is 0 Å². The standard InChI is InChI=1S/C17H19ClN2S/c18-17-10-19-8-6-15(17)12-20-9-7-14(11-20)13-21-16-4-2-1-3-5-16/h1-6,8,10,14H,7,9,11-13H2. The Hall–Kier alpha value is -1.03. The number of hydrogen-bond acceptors (Lipinski definition) is 3. The Balaban J connectivity index is 1.48. The zero-order valence-electron chi connectivity index (χ0n) is 11.9. The van der Waals surface area contributed by atoms with E-state index in [1.807, 2.05) is 24.0 Å². The zero-order chi connectivity index (χ0) is 14.5. The highest BCUT2D eigenvalue weighted by Gasteiger charge is 2.22. The molecule has 0 spiro atoms. The third-order valence-corrected chi connectivity index (χ3v) is 5.43. The monoisotopic (exact) mass is 318 g/mol. The molecule has 0 aliphatic carbocycles. The van der Waals surface area contributed by atoms with E-state index < -0.39 is 0 Å². The van der Waals surface area contributed by atoms with Crippen LogP contribution in [-0.2, 0) is 6.54 Å². The smallest absolute Gasteiger partial charge is 0.0634 e. The molecule has 1 fully saturated rings. The molecule has 21 heavy (non-hydrogen) atoms. The van der Waals surface area contributed by atoms with Crippen molar-refractivity contribution in [3.63, 3.8) is 0 Å². The highest BCUT2D eigenvalue weighted by Crippen LogP contribution is 2.27. The van der Waals surface area contributed by atoms with E-state index in [2.05, 4.69) is 40.2 Å². The fraction of sp³-hybridized carbons (Fsp3) is 0.353. The molecule has 1 saturated heterocycles. The summed E-state index contributed by atoms with van der Waals surface area (Å²) in [5, 5.41) is 0.777. The Morgan fingerprint density at radius 3 is 2.90 bits per heavy atom. The van der Waals surface area contributed by atoms with Gasteiger partial charge in [-0.3, -0.25) is 9.88 Å². The lowest BCUT2D eigenvalue weighted by Gasteiger charge is -2.16. The summed E-state index contributed by atoms with van der Waals surface area (Å²) in [5.41, 5.74) is 1.18. The molecule has 3 rings (SSSR count). The molecule has 1 aromatic heterocycles. The summed E-state index contributed by atoms with van der Waals surface area (Å²) in [5.74, 6) is 1.97. The first-order chi connectivity index (χ1) is 10.3. The van der Waals surface area contributed by atoms with Gasteiger partial charge < -0.3 is 0 Å². The van der Waals surface area contributed by atoms with Crippen molar-refractivity contribution in [1.82, 2.24) is 9.88 Å². The van der Waals surface area contributed by atoms with Crippen LogP contribution in [0.25, 0.3) is 0 Å². The number of likely N-dealkylation sites (tertiary alicyclic amines) is 1. The van der Waals surface area contributed by atoms with Gasteiger partial charge in [0.25, 0.3) is 0 Å². The number of thioether (sulfide) groups is 1. The number of rotatable bonds is 5. The van der Waals surface area contributed by atoms with Gasteiger partial charge in [-0.15, -0.1) is 11.8 Å². The Labute approximate surface area is 135 Å². The van der Waals surface area contributed by atoms with E-state index in [9.17, 15) is 0 Å². The van der Waals surface area contributed by atoms with E-state index in [0.29, 0.717) is 0 Å². The van der Waals surface area contributed by atoms with Gasteiger partial charge in [-0.1, -0.05) is 29.8 Å². The van der Waals surface area contributed by atoms with Crippen molar-refractivity contribution in [2.75, 3.05) is 18.8 Å². The number of benzene rings is 1. The lowest BCUT2D eigenvalue weighted by molar-refractivity contribution is 0.321. The lowest BCUT2D eigenvalue weighted by Crippen LogP contribution is -2.20. The zero-order valence-corrected chi connectivity index (χ0v) is 13.5. The minimum Gasteiger partial charge on any atom is -0.299 e. The Bertz CT molecular complexity index is 576. The summed E-state index contributed by atoms with van der Waals surface area (Å²) in [4.78, 5) is 7.91. The molecule has 0 N–H and O–H groups in total. The van der Waals surface area contributed by atoms with Crippen LogP contribution in [0.5, 0.6) is 0 Å². The van der Waals surface area contributed by atoms with E-state index in [-0.39, 0.29) is 0 Å². The number of pyridine rings is 1. The summed E-state index contributed by atoms with van der Waals surface area (Å²) in [6.07, 6.45) is 4.83. The molecule has 1 unspecified atom stereocenters. The van der Waals surface area contributed by atoms with Crippen molar-refractivity contribution in [2.24, 2.45) is 5.92 Å². The fourth-order valence-corrected chi connectivity index (χ4v) is 3.93. The van der Waals surface area contributed by atoms with Crippen molar-refractivity contribution in [1.29, 1.82) is 0 Å². The van der Waals surface area contributed by atoms with Crippen molar-refractivity contribution < 1.29 is 0 Å². The Morgan fingerprint density at radius 1 is 1.24 bits per heavy atom. The molecule has 1 atom stereocenters. The summed E-state index contributed by atoms with van der Waals surface area (Å²) in [7, 11) is 0. The summed E-state index contributed by atoms with van der Waals surface area (Å²) < 4.78 is 0. The lowest BCUT2D eigenvalue weighted by atomic mass is 10.2. The molecule has 0 saturated carbocycles. The molecule has 2 heterocycles. The predicted octanol–water partition coefficient (Wildman–Crippen LogP) is 4.35. The fourth-order valence-electron chi connectivity index (χ4n) is 2.70. The third kappa shape index (κ3) is 4.22. The molecule has 2 aromatic rings. The van der Waals surface area contributed by atoms with Gasteiger partial charge in [0.1, 0.15) is 0 Å². The molecule has 0 bridgehead atoms. The molecule has 4 heteroatoms. The van der Waals surface area contributed by atoms with Crippen LogP contribution in [0.2, 0.25) is 5.02 Å². The largest absolute Gasteiger partial charge is 0.299 e. The van der Waals surface area contributed by atoms with Crippen LogP contribution >= 0.6 is 23.4 Å². The van der Waals surface area contributed by atoms with Crippen LogP contribution < -0.4 is 0 Å². The van der Waals surface area contributed by atoms with Crippen molar-refractivity contribution in [2.45, 2.75) is 17.9 Å². The second-order valence-electron chi connectivity index (χ2n) is 5.48. The van der Waals surface area contributed by atoms with Crippen molar-refractivity contribution in [3.8, 4) is 0 Å². The minimum absolute atomic E-state index is 0.774. The first-order valence-electron chi connectivity index (χ1n) is 7.30. The maximum absolute atomic E-state index is 6.19. The molecule has 1 aromatic carbocycles. The highest BCUT2D eigenvalue weighted by atomic mass is 35.5. The van der Waals surface area contributed by atoms with Gasteiger partial charge in [-0.05, 0) is 42.6 Å².